The first-order valence-electron chi connectivity index (χ1n) is 4.04. The van der Waals surface area contributed by atoms with E-state index in [1.165, 1.54) is 0 Å². The number of pyridine rings is 1. The fraction of sp³-hybridized carbons (Fsp3) is 0.286. The Morgan fingerprint density at radius 2 is 1.67 bits per heavy atom. The molecule has 1 rings (SSSR count). The summed E-state index contributed by atoms with van der Waals surface area (Å²) in [5.41, 5.74) is -0.972. The van der Waals surface area contributed by atoms with Gasteiger partial charge < -0.3 is 5.73 Å². The van der Waals surface area contributed by atoms with Crippen molar-refractivity contribution in [3.8, 4) is 0 Å². The molecule has 1 heterocycles. The lowest BCUT2D eigenvalue weighted by molar-refractivity contribution is -0.387. The average Bonchev–Trinajstić information content (AvgIpc) is 2.12. The smallest absolute Gasteiger partial charge is 0.378 e. The summed E-state index contributed by atoms with van der Waals surface area (Å²) >= 11 is 0. The van der Waals surface area contributed by atoms with Crippen molar-refractivity contribution in [2.24, 2.45) is 0 Å². The highest BCUT2D eigenvalue weighted by Crippen LogP contribution is 2.41. The van der Waals surface area contributed by atoms with Gasteiger partial charge in [-0.05, 0) is 6.07 Å². The Hall–Kier alpha value is -2.07. The largest absolute Gasteiger partial charge is 0.433 e. The highest BCUT2D eigenvalue weighted by molar-refractivity contribution is 5.59. The number of rotatable bonds is 1. The summed E-state index contributed by atoms with van der Waals surface area (Å²) in [7, 11) is 0. The van der Waals surface area contributed by atoms with Gasteiger partial charge in [0.2, 0.25) is 5.82 Å². The van der Waals surface area contributed by atoms with Crippen LogP contribution >= 0.6 is 0 Å². The Morgan fingerprint density at radius 1 is 1.17 bits per heavy atom. The molecule has 0 aliphatic heterocycles. The van der Waals surface area contributed by atoms with Gasteiger partial charge in [-0.15, -0.1) is 0 Å². The van der Waals surface area contributed by atoms with E-state index in [0.717, 1.165) is 0 Å². The van der Waals surface area contributed by atoms with Crippen LogP contribution in [0.25, 0.3) is 0 Å². The number of nitro groups is 1. The Balaban J connectivity index is 3.64. The summed E-state index contributed by atoms with van der Waals surface area (Å²) < 4.78 is 73.8. The van der Waals surface area contributed by atoms with Crippen molar-refractivity contribution >= 4 is 11.5 Å². The number of halogens is 6. The zero-order valence-electron chi connectivity index (χ0n) is 8.13. The van der Waals surface area contributed by atoms with Gasteiger partial charge in [0.1, 0.15) is 11.3 Å². The second-order valence-corrected chi connectivity index (χ2v) is 3.04. The van der Waals surface area contributed by atoms with Gasteiger partial charge in [-0.25, -0.2) is 4.98 Å². The van der Waals surface area contributed by atoms with Crippen LogP contribution in [0, 0.1) is 10.1 Å². The predicted octanol–water partition coefficient (Wildman–Crippen LogP) is 2.61. The zero-order valence-corrected chi connectivity index (χ0v) is 8.13. The normalized spacial score (nSPS) is 12.6. The maximum absolute atomic E-state index is 12.4. The number of nitrogens with zero attached hydrogens (tertiary/aromatic N) is 2. The van der Waals surface area contributed by atoms with Gasteiger partial charge >= 0.3 is 18.0 Å². The molecule has 0 spiro atoms. The van der Waals surface area contributed by atoms with Gasteiger partial charge in [0.15, 0.2) is 0 Å². The Morgan fingerprint density at radius 3 is 2.00 bits per heavy atom. The lowest BCUT2D eigenvalue weighted by Gasteiger charge is -2.12. The second-order valence-electron chi connectivity index (χ2n) is 3.04. The molecule has 0 saturated carbocycles. The van der Waals surface area contributed by atoms with Crippen LogP contribution in [0.1, 0.15) is 11.3 Å². The minimum Gasteiger partial charge on any atom is -0.378 e. The number of nitrogens with two attached hydrogens (primary N) is 1. The predicted molar refractivity (Wildman–Crippen MR) is 45.3 cm³/mol. The molecule has 0 radical (unpaired) electrons. The molecule has 0 fully saturated rings. The summed E-state index contributed by atoms with van der Waals surface area (Å²) in [6, 6.07) is -0.450. The van der Waals surface area contributed by atoms with E-state index in [9.17, 15) is 36.5 Å². The van der Waals surface area contributed by atoms with Gasteiger partial charge in [-0.3, -0.25) is 10.1 Å². The number of aromatic nitrogens is 1. The zero-order chi connectivity index (χ0) is 14.3. The van der Waals surface area contributed by atoms with Gasteiger partial charge in [-0.2, -0.15) is 26.3 Å². The second kappa shape index (κ2) is 3.99. The standard InChI is InChI=1S/C7H3F6N3O2/c8-6(9,10)2-1-3(7(11,12)13)15-5(14)4(2)16(17)18/h1H,(H2,14,15). The van der Waals surface area contributed by atoms with Crippen molar-refractivity contribution in [2.45, 2.75) is 12.4 Å². The van der Waals surface area contributed by atoms with Crippen molar-refractivity contribution in [3.63, 3.8) is 0 Å². The molecular formula is C7H3F6N3O2. The Labute approximate surface area is 94.4 Å². The molecule has 0 aromatic carbocycles. The van der Waals surface area contributed by atoms with Gasteiger partial charge in [0.25, 0.3) is 0 Å². The van der Waals surface area contributed by atoms with Crippen LogP contribution in [-0.2, 0) is 12.4 Å². The number of nitrogen functional groups attached to an aromatic ring is 1. The van der Waals surface area contributed by atoms with Crippen molar-refractivity contribution in [1.29, 1.82) is 0 Å². The lowest BCUT2D eigenvalue weighted by atomic mass is 10.1. The third-order valence-corrected chi connectivity index (χ3v) is 1.80. The van der Waals surface area contributed by atoms with E-state index in [1.54, 1.807) is 0 Å². The topological polar surface area (TPSA) is 82.0 Å². The third kappa shape index (κ3) is 2.60. The fourth-order valence-electron chi connectivity index (χ4n) is 1.11. The first kappa shape index (κ1) is 14.0. The molecule has 0 unspecified atom stereocenters. The van der Waals surface area contributed by atoms with Gasteiger partial charge in [-0.1, -0.05) is 0 Å². The number of hydrogen-bond acceptors (Lipinski definition) is 4. The SMILES string of the molecule is Nc1nc(C(F)(F)F)cc(C(F)(F)F)c1[N+](=O)[O-]. The van der Waals surface area contributed by atoms with E-state index >= 15 is 0 Å². The van der Waals surface area contributed by atoms with Gasteiger partial charge in [0, 0.05) is 0 Å². The van der Waals surface area contributed by atoms with Crippen molar-refractivity contribution < 1.29 is 31.3 Å². The number of alkyl halides is 6. The maximum atomic E-state index is 12.4. The van der Waals surface area contributed by atoms with E-state index in [0.29, 0.717) is 0 Å². The van der Waals surface area contributed by atoms with Gasteiger partial charge in [0.05, 0.1) is 4.92 Å². The summed E-state index contributed by atoms with van der Waals surface area (Å²) in [6.45, 7) is 0. The Kier molecular flexibility index (Phi) is 3.11. The molecule has 0 aliphatic carbocycles. The van der Waals surface area contributed by atoms with Crippen LogP contribution in [-0.4, -0.2) is 9.91 Å². The van der Waals surface area contributed by atoms with E-state index in [4.69, 9.17) is 5.73 Å². The quantitative estimate of drug-likeness (QED) is 0.485. The molecular weight excluding hydrogens is 272 g/mol. The molecule has 11 heteroatoms. The minimum atomic E-state index is -5.35. The maximum Gasteiger partial charge on any atom is 0.433 e. The molecule has 1 aromatic rings. The van der Waals surface area contributed by atoms with Crippen molar-refractivity contribution in [2.75, 3.05) is 5.73 Å². The van der Waals surface area contributed by atoms with E-state index in [-0.39, 0.29) is 0 Å². The molecule has 0 aliphatic rings. The molecule has 100 valence electrons. The van der Waals surface area contributed by atoms with E-state index in [2.05, 4.69) is 4.98 Å². The summed E-state index contributed by atoms with van der Waals surface area (Å²) in [5, 5.41) is 10.4. The summed E-state index contributed by atoms with van der Waals surface area (Å²) in [6.07, 6.45) is -10.5. The van der Waals surface area contributed by atoms with Crippen LogP contribution in [0.4, 0.5) is 37.8 Å². The molecule has 0 atom stereocenters. The first-order chi connectivity index (χ1) is 7.94. The molecule has 0 bridgehead atoms. The minimum absolute atomic E-state index is 0.450. The Bertz CT molecular complexity index is 495. The van der Waals surface area contributed by atoms with Crippen molar-refractivity contribution in [3.05, 3.63) is 27.4 Å². The first-order valence-corrected chi connectivity index (χ1v) is 4.04. The summed E-state index contributed by atoms with van der Waals surface area (Å²) in [4.78, 5) is 11.4. The van der Waals surface area contributed by atoms with Crippen LogP contribution < -0.4 is 5.73 Å². The molecule has 18 heavy (non-hydrogen) atoms. The average molecular weight is 275 g/mol. The fourth-order valence-corrected chi connectivity index (χ4v) is 1.11. The summed E-state index contributed by atoms with van der Waals surface area (Å²) in [5.74, 6) is -1.44. The van der Waals surface area contributed by atoms with Crippen molar-refractivity contribution in [1.82, 2.24) is 4.98 Å². The lowest BCUT2D eigenvalue weighted by Crippen LogP contribution is -2.17. The van der Waals surface area contributed by atoms with E-state index in [1.807, 2.05) is 0 Å². The number of hydrogen-bond donors (Lipinski definition) is 1. The highest BCUT2D eigenvalue weighted by Gasteiger charge is 2.44. The van der Waals surface area contributed by atoms with E-state index < -0.39 is 46.1 Å². The number of anilines is 1. The van der Waals surface area contributed by atoms with Crippen LogP contribution in [0.15, 0.2) is 6.07 Å². The molecule has 2 N–H and O–H groups in total. The highest BCUT2D eigenvalue weighted by atomic mass is 19.4. The van der Waals surface area contributed by atoms with Crippen LogP contribution in [0.5, 0.6) is 0 Å². The molecule has 0 amide bonds. The van der Waals surface area contributed by atoms with Crippen LogP contribution in [0.2, 0.25) is 0 Å². The molecule has 1 aromatic heterocycles. The van der Waals surface area contributed by atoms with Crippen LogP contribution in [0.3, 0.4) is 0 Å². The molecule has 5 nitrogen and oxygen atoms in total. The molecule has 0 saturated heterocycles. The third-order valence-electron chi connectivity index (χ3n) is 1.80. The monoisotopic (exact) mass is 275 g/mol.